The highest BCUT2D eigenvalue weighted by Crippen LogP contribution is 2.30. The lowest BCUT2D eigenvalue weighted by molar-refractivity contribution is 0.340. The molecule has 0 aliphatic heterocycles. The smallest absolute Gasteiger partial charge is 0.264 e. The first-order chi connectivity index (χ1) is 9.04. The van der Waals surface area contributed by atoms with E-state index in [9.17, 15) is 4.79 Å². The molecule has 0 bridgehead atoms. The van der Waals surface area contributed by atoms with Crippen molar-refractivity contribution >= 4 is 38.5 Å². The fourth-order valence-corrected chi connectivity index (χ4v) is 2.94. The summed E-state index contributed by atoms with van der Waals surface area (Å²) in [7, 11) is 1.78. The average molecular weight is 434 g/mol. The lowest BCUT2D eigenvalue weighted by atomic mass is 10.1. The molecule has 0 N–H and O–H groups in total. The van der Waals surface area contributed by atoms with Crippen molar-refractivity contribution in [3.63, 3.8) is 0 Å². The molecule has 19 heavy (non-hydrogen) atoms. The van der Waals surface area contributed by atoms with Crippen LogP contribution in [0.15, 0.2) is 39.6 Å². The summed E-state index contributed by atoms with van der Waals surface area (Å²) in [6.07, 6.45) is 0. The number of benzene rings is 1. The van der Waals surface area contributed by atoms with Crippen molar-refractivity contribution in [3.8, 4) is 17.0 Å². The maximum absolute atomic E-state index is 12.0. The van der Waals surface area contributed by atoms with Crippen LogP contribution >= 0.6 is 38.5 Å². The summed E-state index contributed by atoms with van der Waals surface area (Å²) in [5, 5.41) is 0. The van der Waals surface area contributed by atoms with Crippen LogP contribution in [0.1, 0.15) is 6.92 Å². The van der Waals surface area contributed by atoms with Crippen molar-refractivity contribution < 1.29 is 4.74 Å². The van der Waals surface area contributed by atoms with Crippen LogP contribution in [-0.2, 0) is 7.05 Å². The summed E-state index contributed by atoms with van der Waals surface area (Å²) in [4.78, 5) is 12.0. The zero-order valence-corrected chi connectivity index (χ0v) is 14.4. The van der Waals surface area contributed by atoms with Crippen molar-refractivity contribution in [2.24, 2.45) is 7.05 Å². The van der Waals surface area contributed by atoms with Gasteiger partial charge in [-0.1, -0.05) is 0 Å². The molecule has 0 aliphatic carbocycles. The van der Waals surface area contributed by atoms with Crippen molar-refractivity contribution in [1.29, 1.82) is 0 Å². The van der Waals surface area contributed by atoms with Gasteiger partial charge in [0.25, 0.3) is 5.56 Å². The lowest BCUT2D eigenvalue weighted by Gasteiger charge is -2.12. The van der Waals surface area contributed by atoms with E-state index >= 15 is 0 Å². The molecule has 0 radical (unpaired) electrons. The van der Waals surface area contributed by atoms with Crippen LogP contribution < -0.4 is 10.3 Å². The molecule has 1 aromatic carbocycles. The van der Waals surface area contributed by atoms with E-state index < -0.39 is 0 Å². The quantitative estimate of drug-likeness (QED) is 0.689. The van der Waals surface area contributed by atoms with E-state index in [0.29, 0.717) is 10.2 Å². The van der Waals surface area contributed by atoms with Gasteiger partial charge in [0.15, 0.2) is 0 Å². The molecule has 2 rings (SSSR count). The Morgan fingerprint density at radius 3 is 2.68 bits per heavy atom. The monoisotopic (exact) mass is 433 g/mol. The highest BCUT2D eigenvalue weighted by atomic mass is 127. The first-order valence-corrected chi connectivity index (χ1v) is 7.70. The second-order valence-electron chi connectivity index (χ2n) is 4.01. The summed E-state index contributed by atoms with van der Waals surface area (Å²) >= 11 is 5.58. The van der Waals surface area contributed by atoms with E-state index in [1.54, 1.807) is 11.6 Å². The third-order valence-corrected chi connectivity index (χ3v) is 4.26. The molecule has 0 fully saturated rings. The molecule has 0 unspecified atom stereocenters. The third kappa shape index (κ3) is 3.02. The van der Waals surface area contributed by atoms with E-state index in [1.807, 2.05) is 59.8 Å². The van der Waals surface area contributed by atoms with Gasteiger partial charge in [0.2, 0.25) is 0 Å². The standard InChI is InChI=1S/C14H13BrINO2/c1-3-19-9-4-5-10(11(15)8-9)13-7-6-12(16)14(18)17(13)2/h4-8H,3H2,1-2H3. The van der Waals surface area contributed by atoms with Crippen LogP contribution in [0.5, 0.6) is 5.75 Å². The van der Waals surface area contributed by atoms with Gasteiger partial charge in [-0.25, -0.2) is 0 Å². The number of aromatic nitrogens is 1. The SMILES string of the molecule is CCOc1ccc(-c2ccc(I)c(=O)n2C)c(Br)c1. The fraction of sp³-hybridized carbons (Fsp3) is 0.214. The zero-order valence-electron chi connectivity index (χ0n) is 10.6. The fourth-order valence-electron chi connectivity index (χ4n) is 1.84. The molecule has 2 aromatic rings. The Morgan fingerprint density at radius 2 is 2.05 bits per heavy atom. The summed E-state index contributed by atoms with van der Waals surface area (Å²) in [5.74, 6) is 0.814. The predicted molar refractivity (Wildman–Crippen MR) is 88.7 cm³/mol. The predicted octanol–water partition coefficient (Wildman–Crippen LogP) is 3.82. The van der Waals surface area contributed by atoms with Gasteiger partial charge in [-0.3, -0.25) is 4.79 Å². The number of nitrogens with zero attached hydrogens (tertiary/aromatic N) is 1. The van der Waals surface area contributed by atoms with E-state index in [2.05, 4.69) is 15.9 Å². The molecule has 0 amide bonds. The summed E-state index contributed by atoms with van der Waals surface area (Å²) < 4.78 is 8.73. The van der Waals surface area contributed by atoms with Gasteiger partial charge < -0.3 is 9.30 Å². The van der Waals surface area contributed by atoms with Crippen LogP contribution in [0.2, 0.25) is 0 Å². The normalized spacial score (nSPS) is 10.5. The van der Waals surface area contributed by atoms with Gasteiger partial charge in [0.1, 0.15) is 5.75 Å². The zero-order chi connectivity index (χ0) is 14.0. The molecular formula is C14H13BrINO2. The van der Waals surface area contributed by atoms with E-state index in [-0.39, 0.29) is 5.56 Å². The molecule has 100 valence electrons. The molecule has 1 aromatic heterocycles. The van der Waals surface area contributed by atoms with Gasteiger partial charge in [-0.15, -0.1) is 0 Å². The maximum atomic E-state index is 12.0. The largest absolute Gasteiger partial charge is 0.494 e. The van der Waals surface area contributed by atoms with Crippen molar-refractivity contribution in [1.82, 2.24) is 4.57 Å². The number of ether oxygens (including phenoxy) is 1. The Balaban J connectivity index is 2.54. The molecule has 0 saturated carbocycles. The highest BCUT2D eigenvalue weighted by Gasteiger charge is 2.10. The van der Waals surface area contributed by atoms with Gasteiger partial charge in [0, 0.05) is 17.1 Å². The summed E-state index contributed by atoms with van der Waals surface area (Å²) in [5.41, 5.74) is 1.86. The Kier molecular flexibility index (Phi) is 4.67. The minimum absolute atomic E-state index is 0.0129. The lowest BCUT2D eigenvalue weighted by Crippen LogP contribution is -2.20. The number of hydrogen-bond acceptors (Lipinski definition) is 2. The van der Waals surface area contributed by atoms with Gasteiger partial charge in [0.05, 0.1) is 15.9 Å². The molecule has 3 nitrogen and oxygen atoms in total. The second-order valence-corrected chi connectivity index (χ2v) is 6.02. The molecule has 1 heterocycles. The van der Waals surface area contributed by atoms with Crippen molar-refractivity contribution in [3.05, 3.63) is 48.7 Å². The summed E-state index contributed by atoms with van der Waals surface area (Å²) in [6.45, 7) is 2.58. The highest BCUT2D eigenvalue weighted by molar-refractivity contribution is 14.1. The van der Waals surface area contributed by atoms with E-state index in [4.69, 9.17) is 4.74 Å². The third-order valence-electron chi connectivity index (χ3n) is 2.79. The van der Waals surface area contributed by atoms with Crippen LogP contribution in [0.4, 0.5) is 0 Å². The van der Waals surface area contributed by atoms with E-state index in [0.717, 1.165) is 21.5 Å². The van der Waals surface area contributed by atoms with Crippen LogP contribution in [0, 0.1) is 3.57 Å². The van der Waals surface area contributed by atoms with Gasteiger partial charge in [-0.05, 0) is 75.8 Å². The van der Waals surface area contributed by atoms with E-state index in [1.165, 1.54) is 0 Å². The minimum Gasteiger partial charge on any atom is -0.494 e. The van der Waals surface area contributed by atoms with Gasteiger partial charge in [-0.2, -0.15) is 0 Å². The first kappa shape index (κ1) is 14.6. The first-order valence-electron chi connectivity index (χ1n) is 5.83. The van der Waals surface area contributed by atoms with Crippen LogP contribution in [0.3, 0.4) is 0 Å². The molecule has 5 heteroatoms. The maximum Gasteiger partial charge on any atom is 0.264 e. The molecule has 0 saturated heterocycles. The van der Waals surface area contributed by atoms with Crippen LogP contribution in [-0.4, -0.2) is 11.2 Å². The molecule has 0 atom stereocenters. The Hall–Kier alpha value is -0.820. The number of pyridine rings is 1. The van der Waals surface area contributed by atoms with Crippen molar-refractivity contribution in [2.75, 3.05) is 6.61 Å². The number of hydrogen-bond donors (Lipinski definition) is 0. The average Bonchev–Trinajstić information content (AvgIpc) is 2.38. The Labute approximate surface area is 133 Å². The molecular weight excluding hydrogens is 421 g/mol. The number of halogens is 2. The number of rotatable bonds is 3. The molecule has 0 spiro atoms. The van der Waals surface area contributed by atoms with Crippen LogP contribution in [0.25, 0.3) is 11.3 Å². The Bertz CT molecular complexity index is 667. The topological polar surface area (TPSA) is 31.2 Å². The van der Waals surface area contributed by atoms with Gasteiger partial charge >= 0.3 is 0 Å². The second kappa shape index (κ2) is 6.09. The molecule has 0 aliphatic rings. The van der Waals surface area contributed by atoms with Crippen molar-refractivity contribution in [2.45, 2.75) is 6.92 Å². The minimum atomic E-state index is 0.0129. The summed E-state index contributed by atoms with van der Waals surface area (Å²) in [6, 6.07) is 9.56. The Morgan fingerprint density at radius 1 is 1.32 bits per heavy atom.